The summed E-state index contributed by atoms with van der Waals surface area (Å²) in [5, 5.41) is 0. The first-order valence-electron chi connectivity index (χ1n) is 5.09. The SMILES string of the molecule is CNS(=O)(=O)CCCCCCCCF. The molecule has 3 nitrogen and oxygen atoms in total. The molecule has 5 heteroatoms. The molecule has 14 heavy (non-hydrogen) atoms. The Morgan fingerprint density at radius 2 is 1.50 bits per heavy atom. The standard InChI is InChI=1S/C9H20FNO2S/c1-11-14(12,13)9-7-5-3-2-4-6-8-10/h11H,2-9H2,1H3. The molecule has 0 fully saturated rings. The van der Waals surface area contributed by atoms with Gasteiger partial charge in [-0.15, -0.1) is 0 Å². The molecule has 0 amide bonds. The van der Waals surface area contributed by atoms with E-state index in [1.165, 1.54) is 7.05 Å². The molecule has 0 spiro atoms. The lowest BCUT2D eigenvalue weighted by atomic mass is 10.1. The Morgan fingerprint density at radius 3 is 2.00 bits per heavy atom. The molecule has 0 saturated carbocycles. The zero-order chi connectivity index (χ0) is 10.9. The molecule has 0 aliphatic carbocycles. The van der Waals surface area contributed by atoms with Gasteiger partial charge in [0.2, 0.25) is 10.0 Å². The van der Waals surface area contributed by atoms with Crippen molar-refractivity contribution < 1.29 is 12.8 Å². The van der Waals surface area contributed by atoms with Crippen molar-refractivity contribution in [1.29, 1.82) is 0 Å². The maximum absolute atomic E-state index is 11.7. The van der Waals surface area contributed by atoms with Crippen LogP contribution in [0.15, 0.2) is 0 Å². The van der Waals surface area contributed by atoms with Crippen LogP contribution in [-0.4, -0.2) is 27.9 Å². The smallest absolute Gasteiger partial charge is 0.211 e. The highest BCUT2D eigenvalue weighted by molar-refractivity contribution is 7.89. The topological polar surface area (TPSA) is 46.2 Å². The average Bonchev–Trinajstić information content (AvgIpc) is 2.16. The number of sulfonamides is 1. The zero-order valence-corrected chi connectivity index (χ0v) is 9.58. The number of rotatable bonds is 9. The van der Waals surface area contributed by atoms with Crippen molar-refractivity contribution >= 4 is 10.0 Å². The van der Waals surface area contributed by atoms with Crippen LogP contribution in [0.25, 0.3) is 0 Å². The predicted octanol–water partition coefficient (Wildman–Crippen LogP) is 1.85. The van der Waals surface area contributed by atoms with Crippen LogP contribution in [0.2, 0.25) is 0 Å². The molecule has 0 unspecified atom stereocenters. The van der Waals surface area contributed by atoms with Crippen LogP contribution in [0.5, 0.6) is 0 Å². The molecule has 0 aromatic carbocycles. The summed E-state index contributed by atoms with van der Waals surface area (Å²) in [5.74, 6) is 0.201. The van der Waals surface area contributed by atoms with E-state index in [1.54, 1.807) is 0 Å². The second kappa shape index (κ2) is 8.17. The van der Waals surface area contributed by atoms with Gasteiger partial charge in [0.1, 0.15) is 0 Å². The van der Waals surface area contributed by atoms with Gasteiger partial charge in [0.05, 0.1) is 12.4 Å². The zero-order valence-electron chi connectivity index (χ0n) is 8.76. The summed E-state index contributed by atoms with van der Waals surface area (Å²) in [6.45, 7) is -0.242. The maximum Gasteiger partial charge on any atom is 0.211 e. The number of hydrogen-bond donors (Lipinski definition) is 1. The molecule has 0 aliphatic heterocycles. The molecule has 0 rings (SSSR count). The lowest BCUT2D eigenvalue weighted by Crippen LogP contribution is -2.21. The van der Waals surface area contributed by atoms with Crippen molar-refractivity contribution in [2.45, 2.75) is 38.5 Å². The summed E-state index contributed by atoms with van der Waals surface area (Å²) in [7, 11) is -1.60. The van der Waals surface area contributed by atoms with Crippen LogP contribution in [-0.2, 0) is 10.0 Å². The molecule has 0 aromatic rings. The number of nitrogens with one attached hydrogen (secondary N) is 1. The molecule has 0 atom stereocenters. The van der Waals surface area contributed by atoms with Gasteiger partial charge < -0.3 is 0 Å². The van der Waals surface area contributed by atoms with Crippen molar-refractivity contribution in [3.63, 3.8) is 0 Å². The van der Waals surface area contributed by atoms with Crippen molar-refractivity contribution in [3.8, 4) is 0 Å². The van der Waals surface area contributed by atoms with Crippen molar-refractivity contribution in [2.75, 3.05) is 19.5 Å². The van der Waals surface area contributed by atoms with E-state index >= 15 is 0 Å². The molecule has 86 valence electrons. The summed E-state index contributed by atoms with van der Waals surface area (Å²) in [6, 6.07) is 0. The van der Waals surface area contributed by atoms with Crippen molar-refractivity contribution in [3.05, 3.63) is 0 Å². The quantitative estimate of drug-likeness (QED) is 0.609. The summed E-state index contributed by atoms with van der Waals surface area (Å²) in [6.07, 6.45) is 5.15. The minimum Gasteiger partial charge on any atom is -0.251 e. The second-order valence-corrected chi connectivity index (χ2v) is 5.38. The number of unbranched alkanes of at least 4 members (excludes halogenated alkanes) is 5. The highest BCUT2D eigenvalue weighted by Crippen LogP contribution is 2.06. The Hall–Kier alpha value is -0.160. The van der Waals surface area contributed by atoms with E-state index in [9.17, 15) is 12.8 Å². The van der Waals surface area contributed by atoms with Crippen LogP contribution in [0.1, 0.15) is 38.5 Å². The third-order valence-electron chi connectivity index (χ3n) is 2.11. The van der Waals surface area contributed by atoms with Crippen molar-refractivity contribution in [2.24, 2.45) is 0 Å². The molecule has 0 heterocycles. The molecule has 1 N–H and O–H groups in total. The molecule has 0 bridgehead atoms. The normalized spacial score (nSPS) is 11.9. The minimum atomic E-state index is -3.03. The van der Waals surface area contributed by atoms with E-state index in [0.29, 0.717) is 12.8 Å². The van der Waals surface area contributed by atoms with Gasteiger partial charge >= 0.3 is 0 Å². The van der Waals surface area contributed by atoms with Crippen LogP contribution < -0.4 is 4.72 Å². The first-order valence-corrected chi connectivity index (χ1v) is 6.75. The maximum atomic E-state index is 11.7. The Morgan fingerprint density at radius 1 is 1.00 bits per heavy atom. The lowest BCUT2D eigenvalue weighted by molar-refractivity contribution is 0.451. The highest BCUT2D eigenvalue weighted by atomic mass is 32.2. The van der Waals surface area contributed by atoms with E-state index in [1.807, 2.05) is 0 Å². The molecule has 0 aromatic heterocycles. The second-order valence-electron chi connectivity index (χ2n) is 3.33. The molecular weight excluding hydrogens is 205 g/mol. The van der Waals surface area contributed by atoms with Gasteiger partial charge in [0, 0.05) is 0 Å². The summed E-state index contributed by atoms with van der Waals surface area (Å²) < 4.78 is 35.9. The van der Waals surface area contributed by atoms with Gasteiger partial charge in [0.25, 0.3) is 0 Å². The van der Waals surface area contributed by atoms with Gasteiger partial charge in [-0.1, -0.05) is 25.7 Å². The minimum absolute atomic E-state index is 0.201. The average molecular weight is 225 g/mol. The van der Waals surface area contributed by atoms with E-state index in [-0.39, 0.29) is 12.4 Å². The fraction of sp³-hybridized carbons (Fsp3) is 1.00. The Kier molecular flexibility index (Phi) is 8.08. The van der Waals surface area contributed by atoms with Crippen LogP contribution >= 0.6 is 0 Å². The summed E-state index contributed by atoms with van der Waals surface area (Å²) >= 11 is 0. The van der Waals surface area contributed by atoms with Gasteiger partial charge in [-0.25, -0.2) is 13.1 Å². The third-order valence-corrected chi connectivity index (χ3v) is 3.56. The summed E-state index contributed by atoms with van der Waals surface area (Å²) in [5.41, 5.74) is 0. The number of halogens is 1. The van der Waals surface area contributed by atoms with E-state index in [4.69, 9.17) is 0 Å². The monoisotopic (exact) mass is 225 g/mol. The predicted molar refractivity (Wildman–Crippen MR) is 56.5 cm³/mol. The number of hydrogen-bond acceptors (Lipinski definition) is 2. The first-order chi connectivity index (χ1) is 6.62. The van der Waals surface area contributed by atoms with E-state index in [2.05, 4.69) is 4.72 Å². The lowest BCUT2D eigenvalue weighted by Gasteiger charge is -2.02. The molecule has 0 radical (unpaired) electrons. The number of alkyl halides is 1. The molecule has 0 aliphatic rings. The Labute approximate surface area is 86.1 Å². The van der Waals surface area contributed by atoms with E-state index in [0.717, 1.165) is 25.7 Å². The fourth-order valence-corrected chi connectivity index (χ4v) is 1.98. The third kappa shape index (κ3) is 8.44. The van der Waals surface area contributed by atoms with Crippen LogP contribution in [0.4, 0.5) is 4.39 Å². The van der Waals surface area contributed by atoms with Crippen molar-refractivity contribution in [1.82, 2.24) is 4.72 Å². The first kappa shape index (κ1) is 13.8. The van der Waals surface area contributed by atoms with Gasteiger partial charge in [-0.3, -0.25) is 4.39 Å². The Bertz CT molecular complexity index is 217. The molecule has 0 saturated heterocycles. The van der Waals surface area contributed by atoms with Gasteiger partial charge in [-0.2, -0.15) is 0 Å². The summed E-state index contributed by atoms with van der Waals surface area (Å²) in [4.78, 5) is 0. The van der Waals surface area contributed by atoms with E-state index < -0.39 is 10.0 Å². The Balaban J connectivity index is 3.22. The van der Waals surface area contributed by atoms with Crippen LogP contribution in [0.3, 0.4) is 0 Å². The van der Waals surface area contributed by atoms with Gasteiger partial charge in [-0.05, 0) is 19.9 Å². The van der Waals surface area contributed by atoms with Crippen LogP contribution in [0, 0.1) is 0 Å². The van der Waals surface area contributed by atoms with Gasteiger partial charge in [0.15, 0.2) is 0 Å². The highest BCUT2D eigenvalue weighted by Gasteiger charge is 2.04. The fourth-order valence-electron chi connectivity index (χ4n) is 1.20. The largest absolute Gasteiger partial charge is 0.251 e. The molecular formula is C9H20FNO2S.